The molecule has 17 heavy (non-hydrogen) atoms. The third-order valence-corrected chi connectivity index (χ3v) is 2.92. The summed E-state index contributed by atoms with van der Waals surface area (Å²) in [5.41, 5.74) is 0. The molecule has 4 heteroatoms. The van der Waals surface area contributed by atoms with Gasteiger partial charge in [0, 0.05) is 0 Å². The number of cyclic esters (lactones) is 1. The summed E-state index contributed by atoms with van der Waals surface area (Å²) in [7, 11) is 0. The van der Waals surface area contributed by atoms with E-state index in [0.29, 0.717) is 0 Å². The number of amides is 1. The number of carbonyl (C=O) groups is 1. The van der Waals surface area contributed by atoms with Crippen LogP contribution in [0, 0.1) is 0 Å². The maximum Gasteiger partial charge on any atom is 0.407 e. The molecule has 2 unspecified atom stereocenters. The first kappa shape index (κ1) is 14.0. The molecule has 0 bridgehead atoms. The third kappa shape index (κ3) is 5.73. The minimum Gasteiger partial charge on any atom is -0.447 e. The minimum absolute atomic E-state index is 0.251. The first-order valence-corrected chi connectivity index (χ1v) is 6.52. The van der Waals surface area contributed by atoms with Crippen LogP contribution < -0.4 is 5.32 Å². The molecule has 0 radical (unpaired) electrons. The fourth-order valence-corrected chi connectivity index (χ4v) is 1.82. The van der Waals surface area contributed by atoms with Crippen LogP contribution in [0.15, 0.2) is 12.2 Å². The van der Waals surface area contributed by atoms with Crippen molar-refractivity contribution in [1.29, 1.82) is 0 Å². The Hall–Kier alpha value is -1.03. The number of unbranched alkanes of at least 4 members (excludes halogenated alkanes) is 5. The zero-order valence-electron chi connectivity index (χ0n) is 10.5. The van der Waals surface area contributed by atoms with Crippen LogP contribution in [-0.2, 0) is 4.74 Å². The van der Waals surface area contributed by atoms with Gasteiger partial charge in [-0.1, -0.05) is 44.8 Å². The van der Waals surface area contributed by atoms with E-state index in [-0.39, 0.29) is 12.6 Å². The van der Waals surface area contributed by atoms with Gasteiger partial charge in [0.25, 0.3) is 0 Å². The number of hydrogen-bond acceptors (Lipinski definition) is 3. The number of nitrogens with one attached hydrogen (secondary N) is 1. The summed E-state index contributed by atoms with van der Waals surface area (Å²) in [4.78, 5) is 10.8. The Morgan fingerprint density at radius 1 is 1.47 bits per heavy atom. The van der Waals surface area contributed by atoms with E-state index >= 15 is 0 Å². The fraction of sp³-hybridized carbons (Fsp3) is 0.769. The highest BCUT2D eigenvalue weighted by molar-refractivity contribution is 5.69. The van der Waals surface area contributed by atoms with Crippen molar-refractivity contribution in [1.82, 2.24) is 5.32 Å². The molecule has 1 fully saturated rings. The van der Waals surface area contributed by atoms with Crippen molar-refractivity contribution in [3.8, 4) is 0 Å². The van der Waals surface area contributed by atoms with Crippen molar-refractivity contribution >= 4 is 6.09 Å². The summed E-state index contributed by atoms with van der Waals surface area (Å²) >= 11 is 0. The molecule has 1 amide bonds. The number of hydrogen-bond donors (Lipinski definition) is 2. The maximum absolute atomic E-state index is 10.8. The molecule has 0 aromatic rings. The molecule has 1 rings (SSSR count). The van der Waals surface area contributed by atoms with Gasteiger partial charge in [0.2, 0.25) is 0 Å². The zero-order chi connectivity index (χ0) is 12.5. The summed E-state index contributed by atoms with van der Waals surface area (Å²) < 4.78 is 4.71. The van der Waals surface area contributed by atoms with Crippen LogP contribution in [0.2, 0.25) is 0 Å². The predicted octanol–water partition coefficient (Wildman–Crippen LogP) is 2.37. The molecule has 0 saturated carbocycles. The first-order chi connectivity index (χ1) is 8.24. The van der Waals surface area contributed by atoms with Gasteiger partial charge >= 0.3 is 6.09 Å². The van der Waals surface area contributed by atoms with E-state index in [9.17, 15) is 9.90 Å². The van der Waals surface area contributed by atoms with Gasteiger partial charge in [-0.25, -0.2) is 4.79 Å². The molecule has 1 heterocycles. The lowest BCUT2D eigenvalue weighted by Gasteiger charge is -2.10. The summed E-state index contributed by atoms with van der Waals surface area (Å²) in [6.07, 6.45) is 9.91. The van der Waals surface area contributed by atoms with E-state index < -0.39 is 12.2 Å². The lowest BCUT2D eigenvalue weighted by atomic mass is 10.1. The van der Waals surface area contributed by atoms with Crippen LogP contribution in [-0.4, -0.2) is 30.0 Å². The maximum atomic E-state index is 10.8. The standard InChI is InChI=1S/C13H23NO3/c1-2-3-4-5-6-7-8-9-12(15)11-10-17-13(16)14-11/h8-9,11-12,15H,2-7,10H2,1H3,(H,14,16)/b9-8+. The van der Waals surface area contributed by atoms with Crippen molar-refractivity contribution < 1.29 is 14.6 Å². The molecule has 2 atom stereocenters. The largest absolute Gasteiger partial charge is 0.447 e. The molecule has 0 aliphatic carbocycles. The molecule has 0 aromatic carbocycles. The molecule has 2 N–H and O–H groups in total. The molecular formula is C13H23NO3. The van der Waals surface area contributed by atoms with Crippen molar-refractivity contribution in [2.24, 2.45) is 0 Å². The Morgan fingerprint density at radius 2 is 2.24 bits per heavy atom. The van der Waals surface area contributed by atoms with E-state index in [0.717, 1.165) is 12.8 Å². The molecule has 1 aliphatic rings. The number of allylic oxidation sites excluding steroid dienone is 1. The monoisotopic (exact) mass is 241 g/mol. The van der Waals surface area contributed by atoms with Gasteiger partial charge in [-0.3, -0.25) is 0 Å². The average molecular weight is 241 g/mol. The Balaban J connectivity index is 2.05. The highest BCUT2D eigenvalue weighted by atomic mass is 16.6. The predicted molar refractivity (Wildman–Crippen MR) is 66.8 cm³/mol. The van der Waals surface area contributed by atoms with Crippen LogP contribution in [0.3, 0.4) is 0 Å². The Bertz CT molecular complexity index is 253. The summed E-state index contributed by atoms with van der Waals surface area (Å²) in [6.45, 7) is 2.45. The van der Waals surface area contributed by atoms with Crippen molar-refractivity contribution in [2.75, 3.05) is 6.61 Å². The number of aliphatic hydroxyl groups excluding tert-OH is 1. The SMILES string of the molecule is CCCCCCC/C=C/C(O)C1COC(=O)N1. The Labute approximate surface area is 103 Å². The van der Waals surface area contributed by atoms with Crippen molar-refractivity contribution in [2.45, 2.75) is 57.6 Å². The second-order valence-corrected chi connectivity index (χ2v) is 4.47. The van der Waals surface area contributed by atoms with Gasteiger partial charge in [-0.2, -0.15) is 0 Å². The van der Waals surface area contributed by atoms with Crippen LogP contribution >= 0.6 is 0 Å². The zero-order valence-corrected chi connectivity index (χ0v) is 10.5. The van der Waals surface area contributed by atoms with Gasteiger partial charge in [-0.05, 0) is 12.8 Å². The molecule has 1 saturated heterocycles. The van der Waals surface area contributed by atoms with Crippen LogP contribution in [0.4, 0.5) is 4.79 Å². The van der Waals surface area contributed by atoms with Gasteiger partial charge in [0.1, 0.15) is 6.61 Å². The molecule has 4 nitrogen and oxygen atoms in total. The fourth-order valence-electron chi connectivity index (χ4n) is 1.82. The van der Waals surface area contributed by atoms with E-state index in [2.05, 4.69) is 12.2 Å². The van der Waals surface area contributed by atoms with Gasteiger partial charge in [0.15, 0.2) is 0 Å². The second-order valence-electron chi connectivity index (χ2n) is 4.47. The first-order valence-electron chi connectivity index (χ1n) is 6.52. The highest BCUT2D eigenvalue weighted by Crippen LogP contribution is 2.08. The number of aliphatic hydroxyl groups is 1. The minimum atomic E-state index is -0.642. The number of carbonyl (C=O) groups excluding carboxylic acids is 1. The number of ether oxygens (including phenoxy) is 1. The smallest absolute Gasteiger partial charge is 0.407 e. The Kier molecular flexibility index (Phi) is 6.70. The average Bonchev–Trinajstić information content (AvgIpc) is 2.74. The van der Waals surface area contributed by atoms with Crippen LogP contribution in [0.25, 0.3) is 0 Å². The summed E-state index contributed by atoms with van der Waals surface area (Å²) in [6, 6.07) is -0.293. The topological polar surface area (TPSA) is 58.6 Å². The summed E-state index contributed by atoms with van der Waals surface area (Å²) in [5, 5.41) is 12.3. The molecule has 98 valence electrons. The normalized spacial score (nSPS) is 21.5. The highest BCUT2D eigenvalue weighted by Gasteiger charge is 2.26. The van der Waals surface area contributed by atoms with Crippen LogP contribution in [0.1, 0.15) is 45.4 Å². The quantitative estimate of drug-likeness (QED) is 0.506. The molecule has 1 aliphatic heterocycles. The number of alkyl carbamates (subject to hydrolysis) is 1. The third-order valence-electron chi connectivity index (χ3n) is 2.92. The lowest BCUT2D eigenvalue weighted by molar-refractivity contribution is 0.156. The summed E-state index contributed by atoms with van der Waals surface area (Å²) in [5.74, 6) is 0. The van der Waals surface area contributed by atoms with Crippen LogP contribution in [0.5, 0.6) is 0 Å². The van der Waals surface area contributed by atoms with E-state index in [1.54, 1.807) is 6.08 Å². The molecule has 0 spiro atoms. The molecule has 0 aromatic heterocycles. The van der Waals surface area contributed by atoms with E-state index in [1.807, 2.05) is 6.08 Å². The van der Waals surface area contributed by atoms with Crippen molar-refractivity contribution in [3.63, 3.8) is 0 Å². The second kappa shape index (κ2) is 8.12. The number of rotatable bonds is 8. The van der Waals surface area contributed by atoms with E-state index in [4.69, 9.17) is 4.74 Å². The lowest BCUT2D eigenvalue weighted by Crippen LogP contribution is -2.36. The van der Waals surface area contributed by atoms with Gasteiger partial charge in [0.05, 0.1) is 12.1 Å². The van der Waals surface area contributed by atoms with Gasteiger partial charge < -0.3 is 15.2 Å². The molecular weight excluding hydrogens is 218 g/mol. The van der Waals surface area contributed by atoms with Gasteiger partial charge in [-0.15, -0.1) is 0 Å². The van der Waals surface area contributed by atoms with Crippen molar-refractivity contribution in [3.05, 3.63) is 12.2 Å². The Morgan fingerprint density at radius 3 is 2.88 bits per heavy atom. The van der Waals surface area contributed by atoms with E-state index in [1.165, 1.54) is 25.7 Å².